The van der Waals surface area contributed by atoms with E-state index < -0.39 is 23.7 Å². The van der Waals surface area contributed by atoms with Gasteiger partial charge in [-0.1, -0.05) is 55.1 Å². The average Bonchev–Trinajstić information content (AvgIpc) is 3.35. The number of carbonyl (C=O) groups excluding carboxylic acids is 2. The van der Waals surface area contributed by atoms with Gasteiger partial charge in [0, 0.05) is 12.5 Å². The number of likely N-dealkylation sites (tertiary alicyclic amines) is 1. The summed E-state index contributed by atoms with van der Waals surface area (Å²) in [5, 5.41) is 0. The molecule has 2 aromatic rings. The number of esters is 1. The van der Waals surface area contributed by atoms with Crippen LogP contribution in [0.2, 0.25) is 0 Å². The smallest absolute Gasteiger partial charge is 0.410 e. The van der Waals surface area contributed by atoms with Gasteiger partial charge in [0.2, 0.25) is 0 Å². The SMILES string of the molecule is C=CC(C)(C)OC(=O)[C@@H]1CCCN1C(=O)OCC1c2ccccc2-c2ccccc21. The first kappa shape index (κ1) is 20.2. The molecule has 4 rings (SSSR count). The van der Waals surface area contributed by atoms with Crippen LogP contribution in [-0.4, -0.2) is 41.8 Å². The van der Waals surface area contributed by atoms with Crippen LogP contribution >= 0.6 is 0 Å². The number of benzene rings is 2. The average molecular weight is 405 g/mol. The van der Waals surface area contributed by atoms with Gasteiger partial charge in [0.1, 0.15) is 18.2 Å². The molecular formula is C25H27NO4. The van der Waals surface area contributed by atoms with Gasteiger partial charge in [-0.15, -0.1) is 0 Å². The molecule has 0 N–H and O–H groups in total. The van der Waals surface area contributed by atoms with Crippen molar-refractivity contribution in [2.24, 2.45) is 0 Å². The van der Waals surface area contributed by atoms with E-state index in [-0.39, 0.29) is 12.5 Å². The lowest BCUT2D eigenvalue weighted by Gasteiger charge is -2.27. The second-order valence-corrected chi connectivity index (χ2v) is 8.38. The van der Waals surface area contributed by atoms with E-state index in [4.69, 9.17) is 9.47 Å². The van der Waals surface area contributed by atoms with Crippen molar-refractivity contribution in [1.82, 2.24) is 4.90 Å². The number of amides is 1. The predicted molar refractivity (Wildman–Crippen MR) is 115 cm³/mol. The van der Waals surface area contributed by atoms with Crippen LogP contribution in [0.1, 0.15) is 43.7 Å². The van der Waals surface area contributed by atoms with Crippen LogP contribution in [0, 0.1) is 0 Å². The molecule has 1 aliphatic carbocycles. The number of nitrogens with zero attached hydrogens (tertiary/aromatic N) is 1. The van der Waals surface area contributed by atoms with Crippen molar-refractivity contribution in [2.75, 3.05) is 13.2 Å². The van der Waals surface area contributed by atoms with Crippen molar-refractivity contribution < 1.29 is 19.1 Å². The molecule has 0 bridgehead atoms. The number of hydrogen-bond acceptors (Lipinski definition) is 4. The fourth-order valence-electron chi connectivity index (χ4n) is 4.28. The maximum absolute atomic E-state index is 12.9. The Morgan fingerprint density at radius 1 is 1.10 bits per heavy atom. The van der Waals surface area contributed by atoms with Crippen molar-refractivity contribution in [2.45, 2.75) is 44.2 Å². The molecule has 0 unspecified atom stereocenters. The number of carbonyl (C=O) groups is 2. The number of hydrogen-bond donors (Lipinski definition) is 0. The third-order valence-electron chi connectivity index (χ3n) is 5.95. The van der Waals surface area contributed by atoms with Crippen molar-refractivity contribution in [3.63, 3.8) is 0 Å². The van der Waals surface area contributed by atoms with Gasteiger partial charge in [-0.3, -0.25) is 4.90 Å². The minimum atomic E-state index is -0.771. The topological polar surface area (TPSA) is 55.8 Å². The maximum atomic E-state index is 12.9. The van der Waals surface area contributed by atoms with Gasteiger partial charge in [0.25, 0.3) is 0 Å². The number of ether oxygens (including phenoxy) is 2. The molecule has 0 saturated carbocycles. The third kappa shape index (κ3) is 3.72. The highest BCUT2D eigenvalue weighted by Crippen LogP contribution is 2.44. The van der Waals surface area contributed by atoms with E-state index in [2.05, 4.69) is 30.8 Å². The Morgan fingerprint density at radius 2 is 1.70 bits per heavy atom. The van der Waals surface area contributed by atoms with Crippen molar-refractivity contribution in [1.29, 1.82) is 0 Å². The lowest BCUT2D eigenvalue weighted by molar-refractivity contribution is -0.157. The van der Waals surface area contributed by atoms with Gasteiger partial charge in [-0.05, 0) is 55.0 Å². The molecule has 0 radical (unpaired) electrons. The van der Waals surface area contributed by atoms with E-state index in [0.29, 0.717) is 13.0 Å². The van der Waals surface area contributed by atoms with Gasteiger partial charge in [0.15, 0.2) is 0 Å². The van der Waals surface area contributed by atoms with Gasteiger partial charge < -0.3 is 9.47 Å². The minimum absolute atomic E-state index is 0.00551. The van der Waals surface area contributed by atoms with Crippen LogP contribution in [0.3, 0.4) is 0 Å². The van der Waals surface area contributed by atoms with Gasteiger partial charge in [-0.2, -0.15) is 0 Å². The zero-order valence-electron chi connectivity index (χ0n) is 17.5. The molecule has 2 aromatic carbocycles. The molecule has 1 fully saturated rings. The molecule has 1 aliphatic heterocycles. The second kappa shape index (κ2) is 7.98. The maximum Gasteiger partial charge on any atom is 0.410 e. The molecule has 1 atom stereocenters. The van der Waals surface area contributed by atoms with E-state index in [0.717, 1.165) is 17.5 Å². The van der Waals surface area contributed by atoms with E-state index in [1.807, 2.05) is 24.3 Å². The summed E-state index contributed by atoms with van der Waals surface area (Å²) in [7, 11) is 0. The van der Waals surface area contributed by atoms with Crippen LogP contribution in [-0.2, 0) is 14.3 Å². The minimum Gasteiger partial charge on any atom is -0.454 e. The van der Waals surface area contributed by atoms with Crippen LogP contribution in [0.4, 0.5) is 4.79 Å². The van der Waals surface area contributed by atoms with Crippen LogP contribution in [0.5, 0.6) is 0 Å². The van der Waals surface area contributed by atoms with Crippen molar-refractivity contribution in [3.8, 4) is 11.1 Å². The molecule has 2 aliphatic rings. The van der Waals surface area contributed by atoms with Crippen LogP contribution in [0.15, 0.2) is 61.2 Å². The van der Waals surface area contributed by atoms with E-state index in [9.17, 15) is 9.59 Å². The van der Waals surface area contributed by atoms with Crippen LogP contribution in [0.25, 0.3) is 11.1 Å². The summed E-state index contributed by atoms with van der Waals surface area (Å²) in [5.41, 5.74) is 3.92. The molecule has 0 aromatic heterocycles. The van der Waals surface area contributed by atoms with Crippen LogP contribution < -0.4 is 0 Å². The van der Waals surface area contributed by atoms with Gasteiger partial charge in [0.05, 0.1) is 0 Å². The standard InChI is InChI=1S/C25H27NO4/c1-4-25(2,3)30-23(27)22-14-9-15-26(22)24(28)29-16-21-19-12-7-5-10-17(19)18-11-6-8-13-20(18)21/h4-8,10-13,21-22H,1,9,14-16H2,2-3H3/t22-/m0/s1. The highest BCUT2D eigenvalue weighted by Gasteiger charge is 2.39. The normalized spacial score (nSPS) is 17.9. The van der Waals surface area contributed by atoms with E-state index >= 15 is 0 Å². The Bertz CT molecular complexity index is 935. The zero-order chi connectivity index (χ0) is 21.3. The molecule has 1 saturated heterocycles. The fourth-order valence-corrected chi connectivity index (χ4v) is 4.28. The highest BCUT2D eigenvalue weighted by atomic mass is 16.6. The van der Waals surface area contributed by atoms with E-state index in [1.165, 1.54) is 16.0 Å². The summed E-state index contributed by atoms with van der Waals surface area (Å²) >= 11 is 0. The second-order valence-electron chi connectivity index (χ2n) is 8.38. The quantitative estimate of drug-likeness (QED) is 0.524. The summed E-state index contributed by atoms with van der Waals surface area (Å²) in [6, 6.07) is 15.8. The fraction of sp³-hybridized carbons (Fsp3) is 0.360. The Morgan fingerprint density at radius 3 is 2.30 bits per heavy atom. The monoisotopic (exact) mass is 405 g/mol. The molecule has 1 amide bonds. The van der Waals surface area contributed by atoms with E-state index in [1.54, 1.807) is 19.9 Å². The summed E-state index contributed by atoms with van der Waals surface area (Å²) < 4.78 is 11.2. The van der Waals surface area contributed by atoms with Crippen molar-refractivity contribution in [3.05, 3.63) is 72.3 Å². The van der Waals surface area contributed by atoms with Crippen molar-refractivity contribution >= 4 is 12.1 Å². The number of fused-ring (bicyclic) bond motifs is 3. The lowest BCUT2D eigenvalue weighted by atomic mass is 9.98. The largest absolute Gasteiger partial charge is 0.454 e. The van der Waals surface area contributed by atoms with Gasteiger partial charge in [-0.25, -0.2) is 9.59 Å². The molecule has 5 heteroatoms. The molecule has 0 spiro atoms. The zero-order valence-corrected chi connectivity index (χ0v) is 17.5. The molecular weight excluding hydrogens is 378 g/mol. The highest BCUT2D eigenvalue weighted by molar-refractivity contribution is 5.83. The Labute approximate surface area is 177 Å². The van der Waals surface area contributed by atoms with Gasteiger partial charge >= 0.3 is 12.1 Å². The Hall–Kier alpha value is -3.08. The molecule has 30 heavy (non-hydrogen) atoms. The third-order valence-corrected chi connectivity index (χ3v) is 5.95. The number of rotatable bonds is 5. The predicted octanol–water partition coefficient (Wildman–Crippen LogP) is 4.91. The first-order chi connectivity index (χ1) is 14.4. The first-order valence-corrected chi connectivity index (χ1v) is 10.4. The molecule has 1 heterocycles. The molecule has 5 nitrogen and oxygen atoms in total. The first-order valence-electron chi connectivity index (χ1n) is 10.4. The summed E-state index contributed by atoms with van der Waals surface area (Å²) in [5.74, 6) is -0.417. The summed E-state index contributed by atoms with van der Waals surface area (Å²) in [6.07, 6.45) is 2.44. The summed E-state index contributed by atoms with van der Waals surface area (Å²) in [6.45, 7) is 7.96. The summed E-state index contributed by atoms with van der Waals surface area (Å²) in [4.78, 5) is 26.9. The Balaban J connectivity index is 1.46. The molecule has 156 valence electrons. The lowest BCUT2D eigenvalue weighted by Crippen LogP contribution is -2.44. The Kier molecular flexibility index (Phi) is 5.37.